The number of anilines is 1. The van der Waals surface area contributed by atoms with Crippen molar-refractivity contribution >= 4 is 17.6 Å². The van der Waals surface area contributed by atoms with Crippen molar-refractivity contribution in [3.05, 3.63) is 42.7 Å². The van der Waals surface area contributed by atoms with Crippen molar-refractivity contribution in [3.8, 4) is 5.40 Å². The first-order valence-corrected chi connectivity index (χ1v) is 5.00. The van der Waals surface area contributed by atoms with Crippen LogP contribution in [-0.2, 0) is 0 Å². The largest absolute Gasteiger partial charge is 0.327 e. The number of thiocyanates is 1. The molecule has 14 heavy (non-hydrogen) atoms. The molecule has 4 heteroatoms. The molecule has 0 aliphatic carbocycles. The molecule has 1 aromatic carbocycles. The van der Waals surface area contributed by atoms with Crippen LogP contribution in [0.2, 0.25) is 0 Å². The third kappa shape index (κ3) is 1.83. The Morgan fingerprint density at radius 2 is 2.00 bits per heavy atom. The molecule has 1 heterocycles. The highest BCUT2D eigenvalue weighted by molar-refractivity contribution is 8.01. The molecular weight excluding hydrogens is 194 g/mol. The lowest BCUT2D eigenvalue weighted by Crippen LogP contribution is -2.19. The lowest BCUT2D eigenvalue weighted by molar-refractivity contribution is 0.672. The van der Waals surface area contributed by atoms with Crippen molar-refractivity contribution in [3.63, 3.8) is 0 Å². The summed E-state index contributed by atoms with van der Waals surface area (Å²) < 4.78 is 1.88. The summed E-state index contributed by atoms with van der Waals surface area (Å²) in [6.45, 7) is 0.724. The minimum atomic E-state index is 0.724. The molecule has 0 radical (unpaired) electrons. The molecule has 70 valence electrons. The molecule has 0 fully saturated rings. The summed E-state index contributed by atoms with van der Waals surface area (Å²) in [6, 6.07) is 10.1. The van der Waals surface area contributed by atoms with Crippen molar-refractivity contribution in [2.24, 2.45) is 0 Å². The molecule has 0 bridgehead atoms. The number of benzene rings is 1. The molecule has 1 aliphatic heterocycles. The van der Waals surface area contributed by atoms with E-state index in [-0.39, 0.29) is 0 Å². The molecular formula is C10H9N3S. The normalized spacial score (nSPS) is 14.5. The smallest absolute Gasteiger partial charge is 0.156 e. The molecule has 1 aromatic rings. The van der Waals surface area contributed by atoms with Gasteiger partial charge in [-0.05, 0) is 12.1 Å². The Hall–Kier alpha value is -1.60. The highest BCUT2D eigenvalue weighted by Crippen LogP contribution is 2.22. The fourth-order valence-corrected chi connectivity index (χ4v) is 1.70. The summed E-state index contributed by atoms with van der Waals surface area (Å²) in [7, 11) is 0. The monoisotopic (exact) mass is 203 g/mol. The Kier molecular flexibility index (Phi) is 2.61. The zero-order valence-corrected chi connectivity index (χ0v) is 8.31. The van der Waals surface area contributed by atoms with E-state index in [1.54, 1.807) is 0 Å². The Bertz CT molecular complexity index is 369. The maximum Gasteiger partial charge on any atom is 0.156 e. The Morgan fingerprint density at radius 1 is 1.21 bits per heavy atom. The summed E-state index contributed by atoms with van der Waals surface area (Å²) in [4.78, 5) is 2.09. The van der Waals surface area contributed by atoms with E-state index >= 15 is 0 Å². The number of hydrogen-bond acceptors (Lipinski definition) is 4. The highest BCUT2D eigenvalue weighted by atomic mass is 32.2. The van der Waals surface area contributed by atoms with Gasteiger partial charge in [-0.25, -0.2) is 0 Å². The predicted octanol–water partition coefficient (Wildman–Crippen LogP) is 2.37. The number of rotatable bonds is 2. The number of nitrogens with zero attached hydrogens (tertiary/aromatic N) is 3. The van der Waals surface area contributed by atoms with Gasteiger partial charge < -0.3 is 4.90 Å². The van der Waals surface area contributed by atoms with Gasteiger partial charge in [0.25, 0.3) is 0 Å². The molecule has 0 saturated heterocycles. The first-order chi connectivity index (χ1) is 6.90. The third-order valence-electron chi connectivity index (χ3n) is 1.95. The van der Waals surface area contributed by atoms with Crippen molar-refractivity contribution < 1.29 is 0 Å². The van der Waals surface area contributed by atoms with Gasteiger partial charge in [0, 0.05) is 18.1 Å². The number of nitriles is 1. The predicted molar refractivity (Wildman–Crippen MR) is 58.0 cm³/mol. The van der Waals surface area contributed by atoms with Crippen molar-refractivity contribution in [2.45, 2.75) is 0 Å². The summed E-state index contributed by atoms with van der Waals surface area (Å²) in [5.41, 5.74) is 1.14. The van der Waals surface area contributed by atoms with Crippen molar-refractivity contribution in [1.29, 1.82) is 5.26 Å². The zero-order valence-electron chi connectivity index (χ0n) is 7.50. The summed E-state index contributed by atoms with van der Waals surface area (Å²) in [6.07, 6.45) is 3.88. The third-order valence-corrected chi connectivity index (χ3v) is 2.50. The van der Waals surface area contributed by atoms with Crippen LogP contribution in [0.4, 0.5) is 5.69 Å². The van der Waals surface area contributed by atoms with Gasteiger partial charge in [0.15, 0.2) is 5.40 Å². The Morgan fingerprint density at radius 3 is 2.71 bits per heavy atom. The first kappa shape index (κ1) is 8.97. The van der Waals surface area contributed by atoms with E-state index in [9.17, 15) is 0 Å². The van der Waals surface area contributed by atoms with Gasteiger partial charge in [-0.1, -0.05) is 18.2 Å². The first-order valence-electron chi connectivity index (χ1n) is 4.23. The lowest BCUT2D eigenvalue weighted by Gasteiger charge is -2.17. The van der Waals surface area contributed by atoms with Crippen LogP contribution in [-0.4, -0.2) is 11.0 Å². The van der Waals surface area contributed by atoms with Crippen LogP contribution in [0.1, 0.15) is 0 Å². The SMILES string of the molecule is N#CSN1C=CN(c2ccccc2)C1. The van der Waals surface area contributed by atoms with E-state index in [1.165, 1.54) is 0 Å². The molecule has 0 atom stereocenters. The summed E-state index contributed by atoms with van der Waals surface area (Å²) in [5, 5.41) is 10.5. The summed E-state index contributed by atoms with van der Waals surface area (Å²) in [5.74, 6) is 0. The second-order valence-electron chi connectivity index (χ2n) is 2.84. The fourth-order valence-electron chi connectivity index (χ4n) is 1.30. The Labute approximate surface area is 87.4 Å². The quantitative estimate of drug-likeness (QED) is 0.545. The van der Waals surface area contributed by atoms with Crippen LogP contribution < -0.4 is 4.90 Å². The van der Waals surface area contributed by atoms with Crippen LogP contribution in [0.5, 0.6) is 0 Å². The van der Waals surface area contributed by atoms with Crippen LogP contribution in [0.15, 0.2) is 42.7 Å². The maximum atomic E-state index is 8.50. The average molecular weight is 203 g/mol. The van der Waals surface area contributed by atoms with Gasteiger partial charge in [-0.15, -0.1) is 0 Å². The Balaban J connectivity index is 2.05. The average Bonchev–Trinajstić information content (AvgIpc) is 2.68. The minimum absolute atomic E-state index is 0.724. The minimum Gasteiger partial charge on any atom is -0.327 e. The van der Waals surface area contributed by atoms with Crippen LogP contribution in [0.3, 0.4) is 0 Å². The van der Waals surface area contributed by atoms with Gasteiger partial charge >= 0.3 is 0 Å². The van der Waals surface area contributed by atoms with Crippen molar-refractivity contribution in [1.82, 2.24) is 4.31 Å². The lowest BCUT2D eigenvalue weighted by atomic mass is 10.3. The van der Waals surface area contributed by atoms with Crippen LogP contribution in [0.25, 0.3) is 0 Å². The van der Waals surface area contributed by atoms with Crippen LogP contribution in [0, 0.1) is 10.7 Å². The standard InChI is InChI=1S/C10H9N3S/c11-8-14-13-7-6-12(9-13)10-4-2-1-3-5-10/h1-7H,9H2. The van der Waals surface area contributed by atoms with Gasteiger partial charge in [-0.2, -0.15) is 5.26 Å². The van der Waals surface area contributed by atoms with E-state index in [0.717, 1.165) is 24.3 Å². The zero-order chi connectivity index (χ0) is 9.80. The summed E-state index contributed by atoms with van der Waals surface area (Å²) >= 11 is 1.15. The van der Waals surface area contributed by atoms with Gasteiger partial charge in [-0.3, -0.25) is 4.31 Å². The molecule has 0 unspecified atom stereocenters. The topological polar surface area (TPSA) is 30.3 Å². The van der Waals surface area contributed by atoms with Gasteiger partial charge in [0.05, 0.1) is 11.9 Å². The van der Waals surface area contributed by atoms with Gasteiger partial charge in [0.1, 0.15) is 6.67 Å². The number of hydrogen-bond donors (Lipinski definition) is 0. The molecule has 0 amide bonds. The van der Waals surface area contributed by atoms with E-state index in [1.807, 2.05) is 52.4 Å². The maximum absolute atomic E-state index is 8.50. The van der Waals surface area contributed by atoms with Gasteiger partial charge in [0.2, 0.25) is 0 Å². The molecule has 0 aromatic heterocycles. The van der Waals surface area contributed by atoms with E-state index in [2.05, 4.69) is 4.90 Å². The van der Waals surface area contributed by atoms with E-state index in [0.29, 0.717) is 0 Å². The van der Waals surface area contributed by atoms with Crippen molar-refractivity contribution in [2.75, 3.05) is 11.6 Å². The number of para-hydroxylation sites is 1. The molecule has 0 saturated carbocycles. The molecule has 0 N–H and O–H groups in total. The fraction of sp³-hybridized carbons (Fsp3) is 0.100. The van der Waals surface area contributed by atoms with E-state index in [4.69, 9.17) is 5.26 Å². The molecule has 1 aliphatic rings. The molecule has 2 rings (SSSR count). The molecule has 0 spiro atoms. The highest BCUT2D eigenvalue weighted by Gasteiger charge is 2.13. The second-order valence-corrected chi connectivity index (χ2v) is 3.68. The second kappa shape index (κ2) is 4.07. The van der Waals surface area contributed by atoms with Crippen LogP contribution >= 0.6 is 11.9 Å². The van der Waals surface area contributed by atoms with E-state index < -0.39 is 0 Å². The molecule has 3 nitrogen and oxygen atoms in total.